The van der Waals surface area contributed by atoms with E-state index in [0.717, 1.165) is 10.1 Å². The molecule has 2 N–H and O–H groups in total. The first-order valence-corrected chi connectivity index (χ1v) is 7.95. The van der Waals surface area contributed by atoms with Crippen LogP contribution in [0.1, 0.15) is 28.4 Å². The predicted octanol–water partition coefficient (Wildman–Crippen LogP) is 1.19. The van der Waals surface area contributed by atoms with Crippen LogP contribution in [0.5, 0.6) is 0 Å². The number of nitrogens with one attached hydrogen (secondary N) is 1. The summed E-state index contributed by atoms with van der Waals surface area (Å²) in [6, 6.07) is 12.2. The highest BCUT2D eigenvalue weighted by Gasteiger charge is 2.31. The van der Waals surface area contributed by atoms with Crippen LogP contribution in [0, 0.1) is 0 Å². The average Bonchev–Trinajstić information content (AvgIpc) is 3.05. The Morgan fingerprint density at radius 1 is 1.20 bits per heavy atom. The second-order valence-electron chi connectivity index (χ2n) is 5.82. The monoisotopic (exact) mass is 342 g/mol. The molecule has 3 rings (SSSR count). The number of aliphatic carboxylic acids is 1. The number of carbonyl (C=O) groups is 2. The lowest BCUT2D eigenvalue weighted by molar-refractivity contribution is -0.137. The lowest BCUT2D eigenvalue weighted by atomic mass is 10.0. The Kier molecular flexibility index (Phi) is 4.95. The van der Waals surface area contributed by atoms with E-state index in [9.17, 15) is 14.4 Å². The zero-order valence-electron chi connectivity index (χ0n) is 13.4. The normalized spacial score (nSPS) is 19.5. The van der Waals surface area contributed by atoms with Crippen molar-refractivity contribution in [2.75, 3.05) is 6.61 Å². The van der Waals surface area contributed by atoms with Crippen LogP contribution in [-0.2, 0) is 16.1 Å². The molecule has 1 aliphatic rings. The van der Waals surface area contributed by atoms with Crippen molar-refractivity contribution in [3.63, 3.8) is 0 Å². The molecule has 1 amide bonds. The number of carboxylic acids is 1. The van der Waals surface area contributed by atoms with E-state index in [1.54, 1.807) is 0 Å². The number of nitrogens with zero attached hydrogens (tertiary/aromatic N) is 1. The van der Waals surface area contributed by atoms with E-state index in [1.807, 2.05) is 30.3 Å². The number of pyridine rings is 1. The quantitative estimate of drug-likeness (QED) is 0.851. The summed E-state index contributed by atoms with van der Waals surface area (Å²) in [5, 5.41) is 11.7. The minimum Gasteiger partial charge on any atom is -0.480 e. The third kappa shape index (κ3) is 3.77. The molecule has 7 heteroatoms. The van der Waals surface area contributed by atoms with Crippen LogP contribution in [-0.4, -0.2) is 34.2 Å². The highest BCUT2D eigenvalue weighted by Crippen LogP contribution is 2.29. The molecule has 1 saturated heterocycles. The Bertz CT molecular complexity index is 831. The van der Waals surface area contributed by atoms with Crippen molar-refractivity contribution in [1.29, 1.82) is 0 Å². The zero-order valence-corrected chi connectivity index (χ0v) is 13.4. The summed E-state index contributed by atoms with van der Waals surface area (Å²) in [7, 11) is 0. The van der Waals surface area contributed by atoms with Crippen LogP contribution in [0.15, 0.2) is 53.5 Å². The van der Waals surface area contributed by atoms with Crippen molar-refractivity contribution >= 4 is 11.9 Å². The van der Waals surface area contributed by atoms with Gasteiger partial charge in [-0.2, -0.15) is 0 Å². The van der Waals surface area contributed by atoms with Gasteiger partial charge in [0.15, 0.2) is 0 Å². The van der Waals surface area contributed by atoms with Crippen molar-refractivity contribution in [2.45, 2.75) is 25.1 Å². The molecule has 2 atom stereocenters. The first-order chi connectivity index (χ1) is 12.1. The number of carboxylic acid groups (broad SMARTS) is 1. The predicted molar refractivity (Wildman–Crippen MR) is 89.3 cm³/mol. The van der Waals surface area contributed by atoms with E-state index < -0.39 is 24.0 Å². The molecule has 2 aromatic rings. The number of hydrogen-bond acceptors (Lipinski definition) is 4. The molecule has 0 radical (unpaired) electrons. The summed E-state index contributed by atoms with van der Waals surface area (Å²) >= 11 is 0. The summed E-state index contributed by atoms with van der Waals surface area (Å²) in [5.74, 6) is -1.67. The smallest absolute Gasteiger partial charge is 0.323 e. The lowest BCUT2D eigenvalue weighted by Gasteiger charge is -2.20. The molecule has 0 aliphatic carbocycles. The Morgan fingerprint density at radius 2 is 1.96 bits per heavy atom. The molecule has 2 heterocycles. The molecule has 25 heavy (non-hydrogen) atoms. The molecule has 1 fully saturated rings. The van der Waals surface area contributed by atoms with Crippen LogP contribution in [0.3, 0.4) is 0 Å². The van der Waals surface area contributed by atoms with Gasteiger partial charge in [0.2, 0.25) is 0 Å². The molecule has 130 valence electrons. The maximum atomic E-state index is 12.5. The zero-order chi connectivity index (χ0) is 17.8. The van der Waals surface area contributed by atoms with Gasteiger partial charge >= 0.3 is 5.97 Å². The fourth-order valence-corrected chi connectivity index (χ4v) is 2.93. The van der Waals surface area contributed by atoms with Gasteiger partial charge in [-0.15, -0.1) is 0 Å². The molecule has 0 bridgehead atoms. The van der Waals surface area contributed by atoms with E-state index in [-0.39, 0.29) is 17.7 Å². The van der Waals surface area contributed by atoms with E-state index >= 15 is 0 Å². The summed E-state index contributed by atoms with van der Waals surface area (Å²) in [6.07, 6.45) is 1.72. The highest BCUT2D eigenvalue weighted by molar-refractivity contribution is 5.94. The third-order valence-electron chi connectivity index (χ3n) is 4.11. The fourth-order valence-electron chi connectivity index (χ4n) is 2.93. The number of carbonyl (C=O) groups excluding carboxylic acids is 1. The number of rotatable bonds is 5. The van der Waals surface area contributed by atoms with Crippen LogP contribution in [0.2, 0.25) is 0 Å². The van der Waals surface area contributed by atoms with Gasteiger partial charge in [0.05, 0.1) is 6.04 Å². The van der Waals surface area contributed by atoms with Gasteiger partial charge in [-0.25, -0.2) is 0 Å². The first-order valence-electron chi connectivity index (χ1n) is 7.95. The Balaban J connectivity index is 1.78. The van der Waals surface area contributed by atoms with Crippen molar-refractivity contribution in [3.8, 4) is 0 Å². The summed E-state index contributed by atoms with van der Waals surface area (Å²) in [6.45, 7) is 0.0294. The van der Waals surface area contributed by atoms with Crippen molar-refractivity contribution in [2.24, 2.45) is 0 Å². The third-order valence-corrected chi connectivity index (χ3v) is 4.11. The van der Waals surface area contributed by atoms with Crippen molar-refractivity contribution < 1.29 is 19.4 Å². The maximum absolute atomic E-state index is 12.5. The van der Waals surface area contributed by atoms with Gasteiger partial charge in [0.25, 0.3) is 11.5 Å². The first kappa shape index (κ1) is 16.9. The van der Waals surface area contributed by atoms with Crippen LogP contribution in [0.25, 0.3) is 0 Å². The molecule has 0 saturated carbocycles. The molecule has 0 spiro atoms. The van der Waals surface area contributed by atoms with E-state index in [0.29, 0.717) is 13.0 Å². The van der Waals surface area contributed by atoms with Crippen LogP contribution >= 0.6 is 0 Å². The van der Waals surface area contributed by atoms with Crippen LogP contribution in [0.4, 0.5) is 0 Å². The number of ether oxygens (including phenoxy) is 1. The van der Waals surface area contributed by atoms with Gasteiger partial charge in [-0.1, -0.05) is 30.3 Å². The number of aromatic nitrogens is 1. The summed E-state index contributed by atoms with van der Waals surface area (Å²) in [4.78, 5) is 35.6. The van der Waals surface area contributed by atoms with Gasteiger partial charge < -0.3 is 19.7 Å². The van der Waals surface area contributed by atoms with E-state index in [4.69, 9.17) is 9.84 Å². The lowest BCUT2D eigenvalue weighted by Crippen LogP contribution is -2.40. The largest absolute Gasteiger partial charge is 0.480 e. The minimum atomic E-state index is -1.15. The minimum absolute atomic E-state index is 0.0811. The average molecular weight is 342 g/mol. The Morgan fingerprint density at radius 3 is 2.68 bits per heavy atom. The summed E-state index contributed by atoms with van der Waals surface area (Å²) < 4.78 is 6.72. The van der Waals surface area contributed by atoms with E-state index in [2.05, 4.69) is 5.32 Å². The van der Waals surface area contributed by atoms with Crippen molar-refractivity contribution in [3.05, 3.63) is 70.1 Å². The number of benzene rings is 1. The second kappa shape index (κ2) is 7.31. The second-order valence-corrected chi connectivity index (χ2v) is 5.82. The topological polar surface area (TPSA) is 97.6 Å². The maximum Gasteiger partial charge on any atom is 0.323 e. The molecular weight excluding hydrogens is 324 g/mol. The fraction of sp³-hybridized carbons (Fsp3) is 0.278. The molecule has 0 unspecified atom stereocenters. The number of hydrogen-bond donors (Lipinski definition) is 2. The Hall–Kier alpha value is -2.93. The van der Waals surface area contributed by atoms with E-state index in [1.165, 1.54) is 18.3 Å². The molecule has 1 aromatic heterocycles. The SMILES string of the molecule is O=C(O)Cn1cccc(C(=O)N[C@@H]2CCO[C@H]2c2ccccc2)c1=O. The standard InChI is InChI=1S/C18H18N2O5/c21-15(22)11-20-9-4-7-13(18(20)24)17(23)19-14-8-10-25-16(14)12-5-2-1-3-6-12/h1-7,9,14,16H,8,10-11H2,(H,19,23)(H,21,22)/t14-,16+/m1/s1. The molecular formula is C18H18N2O5. The Labute approximate surface area is 143 Å². The van der Waals surface area contributed by atoms with Crippen molar-refractivity contribution in [1.82, 2.24) is 9.88 Å². The molecule has 1 aliphatic heterocycles. The van der Waals surface area contributed by atoms with Gasteiger partial charge in [-0.05, 0) is 24.1 Å². The van der Waals surface area contributed by atoms with Gasteiger partial charge in [0.1, 0.15) is 18.2 Å². The summed E-state index contributed by atoms with van der Waals surface area (Å²) in [5.41, 5.74) is 0.252. The van der Waals surface area contributed by atoms with Crippen LogP contribution < -0.4 is 10.9 Å². The number of amides is 1. The van der Waals surface area contributed by atoms with Gasteiger partial charge in [-0.3, -0.25) is 14.4 Å². The molecule has 7 nitrogen and oxygen atoms in total. The van der Waals surface area contributed by atoms with Gasteiger partial charge in [0, 0.05) is 12.8 Å². The highest BCUT2D eigenvalue weighted by atomic mass is 16.5. The molecule has 1 aromatic carbocycles.